The van der Waals surface area contributed by atoms with Gasteiger partial charge < -0.3 is 5.32 Å². The van der Waals surface area contributed by atoms with Crippen molar-refractivity contribution < 1.29 is 8.42 Å². The molecular weight excluding hydrogens is 212 g/mol. The van der Waals surface area contributed by atoms with E-state index in [0.29, 0.717) is 18.7 Å². The molecule has 0 aromatic heterocycles. The summed E-state index contributed by atoms with van der Waals surface area (Å²) in [6.45, 7) is 1.32. The lowest BCUT2D eigenvalue weighted by Crippen LogP contribution is -2.29. The number of benzene rings is 1. The standard InChI is InChI=1S/C10H14N2O2S/c13-15(14,10-6-7-11-8-10)12-9-4-2-1-3-5-9/h1-5,10-12H,6-8H2. The van der Waals surface area contributed by atoms with Gasteiger partial charge in [0.1, 0.15) is 0 Å². The molecule has 0 spiro atoms. The quantitative estimate of drug-likeness (QED) is 0.801. The van der Waals surface area contributed by atoms with Crippen molar-refractivity contribution in [1.82, 2.24) is 5.32 Å². The lowest BCUT2D eigenvalue weighted by Gasteiger charge is -2.12. The summed E-state index contributed by atoms with van der Waals surface area (Å²) in [5, 5.41) is 2.74. The van der Waals surface area contributed by atoms with Crippen molar-refractivity contribution in [2.75, 3.05) is 17.8 Å². The van der Waals surface area contributed by atoms with Crippen molar-refractivity contribution in [1.29, 1.82) is 0 Å². The Labute approximate surface area is 89.7 Å². The van der Waals surface area contributed by atoms with Crippen LogP contribution in [0.15, 0.2) is 30.3 Å². The molecule has 1 aliphatic heterocycles. The predicted octanol–water partition coefficient (Wildman–Crippen LogP) is 0.790. The molecule has 0 aliphatic carbocycles. The van der Waals surface area contributed by atoms with Crippen LogP contribution in [-0.2, 0) is 10.0 Å². The fraction of sp³-hybridized carbons (Fsp3) is 0.400. The highest BCUT2D eigenvalue weighted by molar-refractivity contribution is 7.93. The Bertz CT molecular complexity index is 410. The molecule has 2 rings (SSSR count). The van der Waals surface area contributed by atoms with E-state index >= 15 is 0 Å². The Hall–Kier alpha value is -1.07. The molecule has 1 fully saturated rings. The van der Waals surface area contributed by atoms with Crippen LogP contribution in [0.5, 0.6) is 0 Å². The van der Waals surface area contributed by atoms with Crippen LogP contribution in [-0.4, -0.2) is 26.8 Å². The normalized spacial score (nSPS) is 21.5. The summed E-state index contributed by atoms with van der Waals surface area (Å²) >= 11 is 0. The first-order valence-electron chi connectivity index (χ1n) is 4.96. The molecule has 1 heterocycles. The Balaban J connectivity index is 2.11. The van der Waals surface area contributed by atoms with E-state index in [9.17, 15) is 8.42 Å². The van der Waals surface area contributed by atoms with Crippen LogP contribution in [0.2, 0.25) is 0 Å². The largest absolute Gasteiger partial charge is 0.315 e. The molecule has 1 unspecified atom stereocenters. The van der Waals surface area contributed by atoms with Crippen LogP contribution in [0, 0.1) is 0 Å². The van der Waals surface area contributed by atoms with Gasteiger partial charge in [0.15, 0.2) is 0 Å². The van der Waals surface area contributed by atoms with Gasteiger partial charge in [0.2, 0.25) is 10.0 Å². The van der Waals surface area contributed by atoms with Crippen molar-refractivity contribution in [3.63, 3.8) is 0 Å². The molecule has 1 aliphatic rings. The molecule has 0 amide bonds. The van der Waals surface area contributed by atoms with E-state index in [4.69, 9.17) is 0 Å². The van der Waals surface area contributed by atoms with Crippen molar-refractivity contribution in [3.05, 3.63) is 30.3 Å². The number of hydrogen-bond acceptors (Lipinski definition) is 3. The molecule has 0 saturated carbocycles. The number of para-hydroxylation sites is 1. The van der Waals surface area contributed by atoms with E-state index in [0.717, 1.165) is 6.54 Å². The molecule has 4 nitrogen and oxygen atoms in total. The molecule has 15 heavy (non-hydrogen) atoms. The van der Waals surface area contributed by atoms with Crippen molar-refractivity contribution in [2.45, 2.75) is 11.7 Å². The molecule has 2 N–H and O–H groups in total. The number of anilines is 1. The van der Waals surface area contributed by atoms with Gasteiger partial charge in [-0.15, -0.1) is 0 Å². The summed E-state index contributed by atoms with van der Waals surface area (Å²) in [6.07, 6.45) is 0.683. The first-order chi connectivity index (χ1) is 7.18. The maximum Gasteiger partial charge on any atom is 0.236 e. The monoisotopic (exact) mass is 226 g/mol. The van der Waals surface area contributed by atoms with E-state index in [2.05, 4.69) is 10.0 Å². The average molecular weight is 226 g/mol. The van der Waals surface area contributed by atoms with Gasteiger partial charge in [-0.1, -0.05) is 18.2 Å². The lowest BCUT2D eigenvalue weighted by atomic mass is 10.3. The molecule has 1 atom stereocenters. The van der Waals surface area contributed by atoms with Crippen molar-refractivity contribution >= 4 is 15.7 Å². The van der Waals surface area contributed by atoms with Gasteiger partial charge in [0, 0.05) is 12.2 Å². The zero-order valence-electron chi connectivity index (χ0n) is 8.31. The minimum atomic E-state index is -3.23. The summed E-state index contributed by atoms with van der Waals surface area (Å²) < 4.78 is 26.3. The predicted molar refractivity (Wildman–Crippen MR) is 60.3 cm³/mol. The van der Waals surface area contributed by atoms with Gasteiger partial charge in [-0.05, 0) is 25.1 Å². The molecule has 0 radical (unpaired) electrons. The fourth-order valence-electron chi connectivity index (χ4n) is 1.65. The van der Waals surface area contributed by atoms with Gasteiger partial charge in [-0.2, -0.15) is 0 Å². The highest BCUT2D eigenvalue weighted by Crippen LogP contribution is 2.14. The highest BCUT2D eigenvalue weighted by atomic mass is 32.2. The first kappa shape index (κ1) is 10.4. The third-order valence-electron chi connectivity index (χ3n) is 2.49. The van der Waals surface area contributed by atoms with Crippen LogP contribution in [0.25, 0.3) is 0 Å². The fourth-order valence-corrected chi connectivity index (χ4v) is 3.04. The minimum Gasteiger partial charge on any atom is -0.315 e. The third kappa shape index (κ3) is 2.49. The van der Waals surface area contributed by atoms with Crippen molar-refractivity contribution in [3.8, 4) is 0 Å². The summed E-state index contributed by atoms with van der Waals surface area (Å²) in [6, 6.07) is 8.98. The van der Waals surface area contributed by atoms with Gasteiger partial charge in [0.25, 0.3) is 0 Å². The molecule has 82 valence electrons. The third-order valence-corrected chi connectivity index (χ3v) is 4.29. The first-order valence-corrected chi connectivity index (χ1v) is 6.50. The number of nitrogens with one attached hydrogen (secondary N) is 2. The Morgan fingerprint density at radius 1 is 1.27 bits per heavy atom. The lowest BCUT2D eigenvalue weighted by molar-refractivity contribution is 0.588. The van der Waals surface area contributed by atoms with Gasteiger partial charge >= 0.3 is 0 Å². The van der Waals surface area contributed by atoms with Crippen LogP contribution in [0.3, 0.4) is 0 Å². The van der Waals surface area contributed by atoms with Gasteiger partial charge in [0.05, 0.1) is 5.25 Å². The second kappa shape index (κ2) is 4.20. The second-order valence-corrected chi connectivity index (χ2v) is 5.59. The zero-order valence-corrected chi connectivity index (χ0v) is 9.13. The molecular formula is C10H14N2O2S. The van der Waals surface area contributed by atoms with Crippen LogP contribution in [0.4, 0.5) is 5.69 Å². The molecule has 5 heteroatoms. The summed E-state index contributed by atoms with van der Waals surface area (Å²) in [5.74, 6) is 0. The minimum absolute atomic E-state index is 0.308. The van der Waals surface area contributed by atoms with Crippen molar-refractivity contribution in [2.24, 2.45) is 0 Å². The smallest absolute Gasteiger partial charge is 0.236 e. The van der Waals surface area contributed by atoms with E-state index in [-0.39, 0.29) is 5.25 Å². The van der Waals surface area contributed by atoms with E-state index < -0.39 is 10.0 Å². The Morgan fingerprint density at radius 3 is 2.60 bits per heavy atom. The molecule has 0 bridgehead atoms. The number of sulfonamides is 1. The summed E-state index contributed by atoms with van der Waals surface area (Å²) in [7, 11) is -3.23. The Morgan fingerprint density at radius 2 is 2.00 bits per heavy atom. The maximum absolute atomic E-state index is 11.9. The Kier molecular flexibility index (Phi) is 2.93. The van der Waals surface area contributed by atoms with Gasteiger partial charge in [-0.3, -0.25) is 4.72 Å². The van der Waals surface area contributed by atoms with Crippen LogP contribution >= 0.6 is 0 Å². The second-order valence-electron chi connectivity index (χ2n) is 3.63. The topological polar surface area (TPSA) is 58.2 Å². The van der Waals surface area contributed by atoms with E-state index in [1.807, 2.05) is 18.2 Å². The molecule has 1 saturated heterocycles. The number of hydrogen-bond donors (Lipinski definition) is 2. The summed E-state index contributed by atoms with van der Waals surface area (Å²) in [5.41, 5.74) is 0.629. The summed E-state index contributed by atoms with van der Waals surface area (Å²) in [4.78, 5) is 0. The maximum atomic E-state index is 11.9. The van der Waals surface area contributed by atoms with E-state index in [1.165, 1.54) is 0 Å². The molecule has 1 aromatic rings. The number of rotatable bonds is 3. The van der Waals surface area contributed by atoms with Gasteiger partial charge in [-0.25, -0.2) is 8.42 Å². The van der Waals surface area contributed by atoms with Crippen LogP contribution < -0.4 is 10.0 Å². The zero-order chi connectivity index (χ0) is 10.7. The highest BCUT2D eigenvalue weighted by Gasteiger charge is 2.28. The average Bonchev–Trinajstić information content (AvgIpc) is 2.71. The SMILES string of the molecule is O=S(=O)(Nc1ccccc1)C1CCNC1. The molecule has 1 aromatic carbocycles. The van der Waals surface area contributed by atoms with Crippen LogP contribution in [0.1, 0.15) is 6.42 Å². The van der Waals surface area contributed by atoms with E-state index in [1.54, 1.807) is 12.1 Å².